The predicted molar refractivity (Wildman–Crippen MR) is 133 cm³/mol. The van der Waals surface area contributed by atoms with Crippen LogP contribution in [0.3, 0.4) is 0 Å². The molecule has 2 aromatic carbocycles. The molecule has 0 bridgehead atoms. The summed E-state index contributed by atoms with van der Waals surface area (Å²) >= 11 is 1.69. The van der Waals surface area contributed by atoms with Gasteiger partial charge in [0.15, 0.2) is 0 Å². The first kappa shape index (κ1) is 23.0. The van der Waals surface area contributed by atoms with Crippen molar-refractivity contribution in [3.05, 3.63) is 88.6 Å². The lowest BCUT2D eigenvalue weighted by Crippen LogP contribution is -2.53. The largest absolute Gasteiger partial charge is 0.369 e. The number of thiophene rings is 1. The fraction of sp³-hybridized carbons (Fsp3) is 0.308. The third-order valence-electron chi connectivity index (χ3n) is 6.00. The summed E-state index contributed by atoms with van der Waals surface area (Å²) in [4.78, 5) is 31.0. The van der Waals surface area contributed by atoms with Crippen molar-refractivity contribution in [2.75, 3.05) is 31.1 Å². The van der Waals surface area contributed by atoms with Crippen LogP contribution in [-0.4, -0.2) is 48.9 Å². The van der Waals surface area contributed by atoms with E-state index in [2.05, 4.69) is 56.1 Å². The first-order chi connectivity index (χ1) is 16.1. The van der Waals surface area contributed by atoms with Gasteiger partial charge in [-0.2, -0.15) is 0 Å². The molecule has 1 aliphatic heterocycles. The number of hydrogen-bond donors (Lipinski definition) is 2. The van der Waals surface area contributed by atoms with Crippen molar-refractivity contribution in [2.24, 2.45) is 0 Å². The van der Waals surface area contributed by atoms with E-state index in [0.29, 0.717) is 6.54 Å². The highest BCUT2D eigenvalue weighted by Crippen LogP contribution is 2.30. The van der Waals surface area contributed by atoms with Crippen LogP contribution in [0.2, 0.25) is 0 Å². The molecule has 2 atom stereocenters. The van der Waals surface area contributed by atoms with Crippen molar-refractivity contribution in [3.63, 3.8) is 0 Å². The average molecular weight is 463 g/mol. The van der Waals surface area contributed by atoms with E-state index in [1.807, 2.05) is 49.4 Å². The molecular formula is C26H30N4O2S. The molecule has 0 spiro atoms. The van der Waals surface area contributed by atoms with Crippen molar-refractivity contribution >= 4 is 28.8 Å². The van der Waals surface area contributed by atoms with E-state index in [1.54, 1.807) is 11.3 Å². The van der Waals surface area contributed by atoms with Crippen LogP contribution in [0.5, 0.6) is 0 Å². The first-order valence-electron chi connectivity index (χ1n) is 11.3. The molecule has 4 rings (SSSR count). The zero-order valence-electron chi connectivity index (χ0n) is 18.8. The molecule has 3 aromatic rings. The van der Waals surface area contributed by atoms with Crippen molar-refractivity contribution in [1.82, 2.24) is 15.5 Å². The summed E-state index contributed by atoms with van der Waals surface area (Å²) in [5, 5.41) is 7.72. The van der Waals surface area contributed by atoms with E-state index in [0.717, 1.165) is 31.7 Å². The van der Waals surface area contributed by atoms with Crippen molar-refractivity contribution in [3.8, 4) is 0 Å². The van der Waals surface area contributed by atoms with Gasteiger partial charge in [-0.25, -0.2) is 0 Å². The van der Waals surface area contributed by atoms with Crippen molar-refractivity contribution in [2.45, 2.75) is 25.6 Å². The van der Waals surface area contributed by atoms with E-state index < -0.39 is 11.8 Å². The van der Waals surface area contributed by atoms with Crippen LogP contribution in [0.25, 0.3) is 0 Å². The summed E-state index contributed by atoms with van der Waals surface area (Å²) in [6.07, 6.45) is 0. The minimum Gasteiger partial charge on any atom is -0.369 e. The van der Waals surface area contributed by atoms with Gasteiger partial charge in [-0.3, -0.25) is 14.5 Å². The Bertz CT molecular complexity index is 1020. The topological polar surface area (TPSA) is 64.7 Å². The van der Waals surface area contributed by atoms with Gasteiger partial charge in [0, 0.05) is 49.3 Å². The lowest BCUT2D eigenvalue weighted by molar-refractivity contribution is -0.140. The Hall–Kier alpha value is -3.16. The van der Waals surface area contributed by atoms with Crippen molar-refractivity contribution < 1.29 is 9.59 Å². The summed E-state index contributed by atoms with van der Waals surface area (Å²) in [5.74, 6) is -1.20. The van der Waals surface area contributed by atoms with Crippen LogP contribution in [0, 0.1) is 0 Å². The molecule has 7 heteroatoms. The van der Waals surface area contributed by atoms with Gasteiger partial charge in [0.2, 0.25) is 0 Å². The molecule has 0 unspecified atom stereocenters. The van der Waals surface area contributed by atoms with Gasteiger partial charge in [-0.15, -0.1) is 11.3 Å². The molecule has 6 nitrogen and oxygen atoms in total. The molecule has 0 saturated carbocycles. The number of amides is 2. The standard InChI is InChI=1S/C26H30N4O2S/c1-20(28-26(32)25(31)27-19-21-9-4-2-5-10-21)24(23-13-8-18-33-23)30-16-14-29(15-17-30)22-11-6-3-7-12-22/h2-13,18,20,24H,14-17,19H2,1H3,(H,27,31)(H,28,32)/t20-,24+/m0/s1. The second-order valence-corrected chi connectivity index (χ2v) is 9.23. The van der Waals surface area contributed by atoms with Gasteiger partial charge in [0.1, 0.15) is 0 Å². The second kappa shape index (κ2) is 11.1. The number of benzene rings is 2. The third-order valence-corrected chi connectivity index (χ3v) is 6.94. The summed E-state index contributed by atoms with van der Waals surface area (Å²) in [7, 11) is 0. The summed E-state index contributed by atoms with van der Waals surface area (Å²) < 4.78 is 0. The Kier molecular flexibility index (Phi) is 7.75. The number of piperazine rings is 1. The SMILES string of the molecule is C[C@H](NC(=O)C(=O)NCc1ccccc1)[C@H](c1cccs1)N1CCN(c2ccccc2)CC1. The summed E-state index contributed by atoms with van der Waals surface area (Å²) in [6.45, 7) is 5.93. The van der Waals surface area contributed by atoms with Gasteiger partial charge >= 0.3 is 11.8 Å². The highest BCUT2D eigenvalue weighted by Gasteiger charge is 2.31. The molecule has 1 aliphatic rings. The maximum absolute atomic E-state index is 12.6. The first-order valence-corrected chi connectivity index (χ1v) is 12.2. The molecule has 0 radical (unpaired) electrons. The molecule has 172 valence electrons. The van der Waals surface area contributed by atoms with Gasteiger partial charge in [0.05, 0.1) is 6.04 Å². The fourth-order valence-corrected chi connectivity index (χ4v) is 5.27. The van der Waals surface area contributed by atoms with Crippen molar-refractivity contribution in [1.29, 1.82) is 0 Å². The predicted octanol–water partition coefficient (Wildman–Crippen LogP) is 3.43. The Balaban J connectivity index is 1.37. The van der Waals surface area contributed by atoms with Gasteiger partial charge in [0.25, 0.3) is 0 Å². The van der Waals surface area contributed by atoms with Crippen LogP contribution in [0.4, 0.5) is 5.69 Å². The number of rotatable bonds is 7. The Morgan fingerprint density at radius 1 is 0.879 bits per heavy atom. The quantitative estimate of drug-likeness (QED) is 0.528. The lowest BCUT2D eigenvalue weighted by Gasteiger charge is -2.42. The Morgan fingerprint density at radius 2 is 1.55 bits per heavy atom. The zero-order chi connectivity index (χ0) is 23.0. The van der Waals surface area contributed by atoms with Gasteiger partial charge in [-0.1, -0.05) is 54.6 Å². The molecule has 2 N–H and O–H groups in total. The van der Waals surface area contributed by atoms with E-state index in [4.69, 9.17) is 0 Å². The van der Waals surface area contributed by atoms with Crippen LogP contribution >= 0.6 is 11.3 Å². The molecule has 2 heterocycles. The molecular weight excluding hydrogens is 432 g/mol. The zero-order valence-corrected chi connectivity index (χ0v) is 19.6. The third kappa shape index (κ3) is 6.00. The number of nitrogens with one attached hydrogen (secondary N) is 2. The molecule has 2 amide bonds. The molecule has 0 aliphatic carbocycles. The van der Waals surface area contributed by atoms with Gasteiger partial charge < -0.3 is 15.5 Å². The van der Waals surface area contributed by atoms with E-state index in [-0.39, 0.29) is 12.1 Å². The molecule has 33 heavy (non-hydrogen) atoms. The molecule has 1 saturated heterocycles. The smallest absolute Gasteiger partial charge is 0.309 e. The normalized spacial score (nSPS) is 16.1. The fourth-order valence-electron chi connectivity index (χ4n) is 4.31. The second-order valence-electron chi connectivity index (χ2n) is 8.25. The Labute approximate surface area is 199 Å². The lowest BCUT2D eigenvalue weighted by atomic mass is 10.0. The number of carbonyl (C=O) groups is 2. The van der Waals surface area contributed by atoms with E-state index in [1.165, 1.54) is 10.6 Å². The number of anilines is 1. The van der Waals surface area contributed by atoms with Gasteiger partial charge in [-0.05, 0) is 36.1 Å². The monoisotopic (exact) mass is 462 g/mol. The number of nitrogens with zero attached hydrogens (tertiary/aromatic N) is 2. The minimum atomic E-state index is -0.607. The molecule has 1 aromatic heterocycles. The number of para-hydroxylation sites is 1. The maximum Gasteiger partial charge on any atom is 0.309 e. The number of hydrogen-bond acceptors (Lipinski definition) is 5. The highest BCUT2D eigenvalue weighted by molar-refractivity contribution is 7.10. The van der Waals surface area contributed by atoms with E-state index in [9.17, 15) is 9.59 Å². The van der Waals surface area contributed by atoms with E-state index >= 15 is 0 Å². The minimum absolute atomic E-state index is 0.0220. The van der Waals surface area contributed by atoms with Crippen LogP contribution in [0.15, 0.2) is 78.2 Å². The average Bonchev–Trinajstić information content (AvgIpc) is 3.38. The highest BCUT2D eigenvalue weighted by atomic mass is 32.1. The van der Waals surface area contributed by atoms with Crippen LogP contribution in [0.1, 0.15) is 23.4 Å². The molecule has 1 fully saturated rings. The Morgan fingerprint density at radius 3 is 2.18 bits per heavy atom. The van der Waals surface area contributed by atoms with Crippen LogP contribution < -0.4 is 15.5 Å². The maximum atomic E-state index is 12.6. The number of carbonyl (C=O) groups excluding carboxylic acids is 2. The van der Waals surface area contributed by atoms with Crippen LogP contribution in [-0.2, 0) is 16.1 Å². The summed E-state index contributed by atoms with van der Waals surface area (Å²) in [6, 6.07) is 24.0. The summed E-state index contributed by atoms with van der Waals surface area (Å²) in [5.41, 5.74) is 2.20.